The molecule has 0 aromatic carbocycles. The summed E-state index contributed by atoms with van der Waals surface area (Å²) in [6, 6.07) is 1.89. The molecule has 8 nitrogen and oxygen atoms in total. The number of hydrogen-bond acceptors (Lipinski definition) is 7. The minimum absolute atomic E-state index is 0.487. The van der Waals surface area contributed by atoms with E-state index in [2.05, 4.69) is 10.00 Å². The van der Waals surface area contributed by atoms with Crippen molar-refractivity contribution in [1.82, 2.24) is 29.7 Å². The summed E-state index contributed by atoms with van der Waals surface area (Å²) in [7, 11) is 1.89. The zero-order valence-corrected chi connectivity index (χ0v) is 18.2. The maximum Gasteiger partial charge on any atom is 0.227 e. The van der Waals surface area contributed by atoms with Crippen molar-refractivity contribution in [1.29, 1.82) is 0 Å². The normalized spacial score (nSPS) is 17.6. The quantitative estimate of drug-likeness (QED) is 0.642. The molecule has 0 N–H and O–H groups in total. The summed E-state index contributed by atoms with van der Waals surface area (Å²) in [5.41, 5.74) is 4.68. The van der Waals surface area contributed by atoms with E-state index in [0.29, 0.717) is 5.92 Å². The van der Waals surface area contributed by atoms with Crippen LogP contribution in [0.1, 0.15) is 55.1 Å². The highest BCUT2D eigenvalue weighted by Gasteiger charge is 2.24. The fourth-order valence-electron chi connectivity index (χ4n) is 4.03. The van der Waals surface area contributed by atoms with E-state index in [1.165, 1.54) is 32.1 Å². The second kappa shape index (κ2) is 9.47. The van der Waals surface area contributed by atoms with Gasteiger partial charge in [0.05, 0.1) is 30.3 Å². The lowest BCUT2D eigenvalue weighted by atomic mass is 9.86. The van der Waals surface area contributed by atoms with E-state index in [0.717, 1.165) is 60.5 Å². The van der Waals surface area contributed by atoms with Gasteiger partial charge in [0.1, 0.15) is 5.52 Å². The number of aromatic nitrogens is 6. The van der Waals surface area contributed by atoms with Crippen LogP contribution in [0.15, 0.2) is 18.5 Å². The van der Waals surface area contributed by atoms with Crippen LogP contribution >= 0.6 is 0 Å². The molecule has 1 saturated heterocycles. The Morgan fingerprint density at radius 2 is 1.67 bits per heavy atom. The Labute approximate surface area is 177 Å². The highest BCUT2D eigenvalue weighted by atomic mass is 16.5. The third-order valence-electron chi connectivity index (χ3n) is 5.88. The summed E-state index contributed by atoms with van der Waals surface area (Å²) in [4.78, 5) is 21.5. The Balaban J connectivity index is 0.000000313. The number of aryl methyl sites for hydroxylation is 3. The van der Waals surface area contributed by atoms with Gasteiger partial charge in [-0.2, -0.15) is 10.1 Å². The Morgan fingerprint density at radius 3 is 2.30 bits per heavy atom. The van der Waals surface area contributed by atoms with Crippen LogP contribution in [0.2, 0.25) is 0 Å². The molecule has 1 aliphatic carbocycles. The molecule has 1 aliphatic heterocycles. The second-order valence-corrected chi connectivity index (χ2v) is 8.09. The second-order valence-electron chi connectivity index (χ2n) is 8.09. The minimum atomic E-state index is 0.487. The van der Waals surface area contributed by atoms with Gasteiger partial charge in [-0.25, -0.2) is 15.0 Å². The van der Waals surface area contributed by atoms with Gasteiger partial charge in [-0.1, -0.05) is 19.3 Å². The molecular formula is C22H31N7O. The van der Waals surface area contributed by atoms with E-state index in [9.17, 15) is 0 Å². The smallest absolute Gasteiger partial charge is 0.227 e. The zero-order chi connectivity index (χ0) is 20.9. The predicted molar refractivity (Wildman–Crippen MR) is 117 cm³/mol. The maximum absolute atomic E-state index is 5.46. The number of nitrogens with zero attached hydrogens (tertiary/aromatic N) is 7. The Kier molecular flexibility index (Phi) is 6.52. The van der Waals surface area contributed by atoms with Crippen molar-refractivity contribution in [3.63, 3.8) is 0 Å². The molecular weight excluding hydrogens is 378 g/mol. The molecule has 0 unspecified atom stereocenters. The van der Waals surface area contributed by atoms with Crippen molar-refractivity contribution in [3.8, 4) is 0 Å². The SMILES string of the molecule is Cc1nc2nc(N3CCOCC3)nc(C3CCCCC3)c2nc1C.Cn1cccn1. The van der Waals surface area contributed by atoms with Crippen molar-refractivity contribution in [2.24, 2.45) is 7.05 Å². The minimum Gasteiger partial charge on any atom is -0.378 e. The lowest BCUT2D eigenvalue weighted by Crippen LogP contribution is -2.37. The van der Waals surface area contributed by atoms with Crippen LogP contribution in [0, 0.1) is 13.8 Å². The maximum atomic E-state index is 5.46. The van der Waals surface area contributed by atoms with Gasteiger partial charge in [0.15, 0.2) is 5.65 Å². The molecule has 3 aromatic heterocycles. The van der Waals surface area contributed by atoms with E-state index in [1.54, 1.807) is 10.9 Å². The van der Waals surface area contributed by atoms with E-state index >= 15 is 0 Å². The summed E-state index contributed by atoms with van der Waals surface area (Å²) >= 11 is 0. The van der Waals surface area contributed by atoms with Gasteiger partial charge in [0.2, 0.25) is 5.95 Å². The first kappa shape index (κ1) is 20.7. The molecule has 5 rings (SSSR count). The average molecular weight is 410 g/mol. The Hall–Kier alpha value is -2.61. The van der Waals surface area contributed by atoms with Gasteiger partial charge in [0.25, 0.3) is 0 Å². The molecule has 3 aromatic rings. The summed E-state index contributed by atoms with van der Waals surface area (Å²) in [5.74, 6) is 1.28. The molecule has 2 fully saturated rings. The van der Waals surface area contributed by atoms with Gasteiger partial charge >= 0.3 is 0 Å². The average Bonchev–Trinajstić information content (AvgIpc) is 3.26. The van der Waals surface area contributed by atoms with Crippen molar-refractivity contribution >= 4 is 17.1 Å². The van der Waals surface area contributed by atoms with Crippen molar-refractivity contribution in [2.75, 3.05) is 31.2 Å². The zero-order valence-electron chi connectivity index (χ0n) is 18.2. The first-order valence-corrected chi connectivity index (χ1v) is 10.9. The summed E-state index contributed by atoms with van der Waals surface area (Å²) in [6.45, 7) is 7.17. The molecule has 30 heavy (non-hydrogen) atoms. The summed E-state index contributed by atoms with van der Waals surface area (Å²) < 4.78 is 7.21. The standard InChI is InChI=1S/C18H25N5O.C4H6N2/c1-12-13(2)20-17-16(19-12)15(14-6-4-3-5-7-14)21-18(22-17)23-8-10-24-11-9-23;1-6-4-2-3-5-6/h14H,3-11H2,1-2H3;2-4H,1H3. The molecule has 0 bridgehead atoms. The molecule has 8 heteroatoms. The fraction of sp³-hybridized carbons (Fsp3) is 0.591. The van der Waals surface area contributed by atoms with Gasteiger partial charge < -0.3 is 9.64 Å². The Bertz CT molecular complexity index is 961. The molecule has 2 aliphatic rings. The lowest BCUT2D eigenvalue weighted by molar-refractivity contribution is 0.122. The summed E-state index contributed by atoms with van der Waals surface area (Å²) in [5, 5.41) is 3.83. The van der Waals surface area contributed by atoms with E-state index in [4.69, 9.17) is 24.7 Å². The van der Waals surface area contributed by atoms with Crippen molar-refractivity contribution < 1.29 is 4.74 Å². The number of ether oxygens (including phenoxy) is 1. The number of anilines is 1. The highest BCUT2D eigenvalue weighted by Crippen LogP contribution is 2.35. The van der Waals surface area contributed by atoms with E-state index < -0.39 is 0 Å². The van der Waals surface area contributed by atoms with Crippen LogP contribution in [-0.2, 0) is 11.8 Å². The molecule has 4 heterocycles. The third-order valence-corrected chi connectivity index (χ3v) is 5.88. The number of rotatable bonds is 2. The topological polar surface area (TPSA) is 81.9 Å². The van der Waals surface area contributed by atoms with Crippen LogP contribution in [0.4, 0.5) is 5.95 Å². The Morgan fingerprint density at radius 1 is 0.933 bits per heavy atom. The number of hydrogen-bond donors (Lipinski definition) is 0. The number of morpholine rings is 1. The molecule has 0 radical (unpaired) electrons. The van der Waals surface area contributed by atoms with Crippen LogP contribution in [0.5, 0.6) is 0 Å². The molecule has 0 spiro atoms. The fourth-order valence-corrected chi connectivity index (χ4v) is 4.03. The third kappa shape index (κ3) is 4.75. The van der Waals surface area contributed by atoms with Crippen molar-refractivity contribution in [3.05, 3.63) is 35.5 Å². The number of fused-ring (bicyclic) bond motifs is 1. The van der Waals surface area contributed by atoms with Gasteiger partial charge in [0, 0.05) is 38.4 Å². The lowest BCUT2D eigenvalue weighted by Gasteiger charge is -2.28. The highest BCUT2D eigenvalue weighted by molar-refractivity contribution is 5.75. The van der Waals surface area contributed by atoms with Gasteiger partial charge in [-0.3, -0.25) is 4.68 Å². The van der Waals surface area contributed by atoms with Crippen LogP contribution in [0.3, 0.4) is 0 Å². The molecule has 0 atom stereocenters. The van der Waals surface area contributed by atoms with E-state index in [1.807, 2.05) is 33.2 Å². The molecule has 1 saturated carbocycles. The monoisotopic (exact) mass is 409 g/mol. The van der Waals surface area contributed by atoms with Gasteiger partial charge in [-0.15, -0.1) is 0 Å². The first-order chi connectivity index (χ1) is 14.6. The summed E-state index contributed by atoms with van der Waals surface area (Å²) in [6.07, 6.45) is 9.93. The van der Waals surface area contributed by atoms with Gasteiger partial charge in [-0.05, 0) is 32.8 Å². The first-order valence-electron chi connectivity index (χ1n) is 10.9. The van der Waals surface area contributed by atoms with E-state index in [-0.39, 0.29) is 0 Å². The van der Waals surface area contributed by atoms with Crippen LogP contribution in [0.25, 0.3) is 11.2 Å². The largest absolute Gasteiger partial charge is 0.378 e. The predicted octanol–water partition coefficient (Wildman–Crippen LogP) is 3.34. The molecule has 160 valence electrons. The van der Waals surface area contributed by atoms with Crippen LogP contribution in [-0.4, -0.2) is 56.0 Å². The van der Waals surface area contributed by atoms with Crippen molar-refractivity contribution in [2.45, 2.75) is 51.9 Å². The van der Waals surface area contributed by atoms with Crippen LogP contribution < -0.4 is 4.90 Å². The molecule has 0 amide bonds.